The molecule has 0 saturated carbocycles. The number of methoxy groups -OCH3 is 2. The Labute approximate surface area is 189 Å². The molecule has 3 aromatic carbocycles. The van der Waals surface area contributed by atoms with Crippen molar-refractivity contribution in [2.45, 2.75) is 25.8 Å². The Morgan fingerprint density at radius 2 is 1.38 bits per heavy atom. The van der Waals surface area contributed by atoms with Gasteiger partial charge in [-0.2, -0.15) is 0 Å². The van der Waals surface area contributed by atoms with Crippen LogP contribution in [0.15, 0.2) is 84.6 Å². The highest BCUT2D eigenvalue weighted by atomic mass is 16.5. The van der Waals surface area contributed by atoms with Crippen molar-refractivity contribution in [3.63, 3.8) is 0 Å². The molecule has 1 aliphatic rings. The van der Waals surface area contributed by atoms with Gasteiger partial charge in [-0.3, -0.25) is 9.69 Å². The van der Waals surface area contributed by atoms with Gasteiger partial charge in [-0.1, -0.05) is 38.1 Å². The number of carbonyl (C=O) groups excluding carboxylic acids is 1. The first kappa shape index (κ1) is 21.5. The second kappa shape index (κ2) is 9.18. The molecule has 3 aromatic rings. The minimum Gasteiger partial charge on any atom is -0.497 e. The Bertz CT molecular complexity index is 1100. The fourth-order valence-electron chi connectivity index (χ4n) is 3.83. The van der Waals surface area contributed by atoms with Gasteiger partial charge in [-0.25, -0.2) is 0 Å². The van der Waals surface area contributed by atoms with E-state index in [-0.39, 0.29) is 11.9 Å². The van der Waals surface area contributed by atoms with Gasteiger partial charge < -0.3 is 14.8 Å². The Balaban J connectivity index is 1.68. The van der Waals surface area contributed by atoms with Gasteiger partial charge in [0.1, 0.15) is 17.2 Å². The zero-order valence-electron chi connectivity index (χ0n) is 18.8. The van der Waals surface area contributed by atoms with E-state index in [0.29, 0.717) is 11.6 Å². The second-order valence-electron chi connectivity index (χ2n) is 8.07. The van der Waals surface area contributed by atoms with Crippen LogP contribution in [0.2, 0.25) is 0 Å². The number of hydrogen-bond acceptors (Lipinski definition) is 4. The molecule has 1 unspecified atom stereocenters. The first-order chi connectivity index (χ1) is 15.5. The van der Waals surface area contributed by atoms with E-state index in [4.69, 9.17) is 9.47 Å². The van der Waals surface area contributed by atoms with Crippen molar-refractivity contribution in [2.75, 3.05) is 24.4 Å². The average molecular weight is 429 g/mol. The smallest absolute Gasteiger partial charge is 0.275 e. The molecule has 32 heavy (non-hydrogen) atoms. The molecule has 0 fully saturated rings. The number of rotatable bonds is 7. The normalized spacial score (nSPS) is 15.7. The van der Waals surface area contributed by atoms with Crippen LogP contribution >= 0.6 is 0 Å². The highest BCUT2D eigenvalue weighted by molar-refractivity contribution is 6.11. The maximum Gasteiger partial charge on any atom is 0.275 e. The molecule has 0 radical (unpaired) electrons. The summed E-state index contributed by atoms with van der Waals surface area (Å²) in [6.07, 6.45) is 1.99. The van der Waals surface area contributed by atoms with E-state index in [9.17, 15) is 4.79 Å². The van der Waals surface area contributed by atoms with Gasteiger partial charge in [-0.15, -0.1) is 0 Å². The van der Waals surface area contributed by atoms with Gasteiger partial charge in [0.05, 0.1) is 20.3 Å². The standard InChI is InChI=1S/C27H28N2O3/c1-18(2)19-5-7-20(8-6-19)26-17-25(28-21-9-13-23(31-3)14-10-21)27(30)29(26)22-11-15-24(32-4)16-12-22/h5-18,26,28H,1-4H3. The Morgan fingerprint density at radius 1 is 0.812 bits per heavy atom. The van der Waals surface area contributed by atoms with Crippen LogP contribution in [0.3, 0.4) is 0 Å². The highest BCUT2D eigenvalue weighted by Gasteiger charge is 2.34. The predicted octanol–water partition coefficient (Wildman–Crippen LogP) is 5.91. The molecule has 1 N–H and O–H groups in total. The van der Waals surface area contributed by atoms with Crippen LogP contribution in [0.25, 0.3) is 0 Å². The molecule has 1 amide bonds. The Morgan fingerprint density at radius 3 is 1.91 bits per heavy atom. The van der Waals surface area contributed by atoms with E-state index in [2.05, 4.69) is 43.4 Å². The van der Waals surface area contributed by atoms with E-state index in [1.165, 1.54) is 5.56 Å². The van der Waals surface area contributed by atoms with Crippen molar-refractivity contribution in [2.24, 2.45) is 0 Å². The van der Waals surface area contributed by atoms with Crippen LogP contribution in [-0.4, -0.2) is 20.1 Å². The number of benzene rings is 3. The summed E-state index contributed by atoms with van der Waals surface area (Å²) in [5, 5.41) is 3.28. The quantitative estimate of drug-likeness (QED) is 0.508. The topological polar surface area (TPSA) is 50.8 Å². The molecular weight excluding hydrogens is 400 g/mol. The molecule has 0 aromatic heterocycles. The number of nitrogens with zero attached hydrogens (tertiary/aromatic N) is 1. The van der Waals surface area contributed by atoms with Crippen LogP contribution < -0.4 is 19.7 Å². The van der Waals surface area contributed by atoms with Crippen LogP contribution in [0.5, 0.6) is 11.5 Å². The third-order valence-electron chi connectivity index (χ3n) is 5.72. The number of ether oxygens (including phenoxy) is 2. The highest BCUT2D eigenvalue weighted by Crippen LogP contribution is 2.37. The van der Waals surface area contributed by atoms with Crippen LogP contribution in [0, 0.1) is 0 Å². The van der Waals surface area contributed by atoms with Crippen molar-refractivity contribution in [3.05, 3.63) is 95.7 Å². The fourth-order valence-corrected chi connectivity index (χ4v) is 3.83. The van der Waals surface area contributed by atoms with Gasteiger partial charge in [0.15, 0.2) is 0 Å². The Kier molecular flexibility index (Phi) is 6.17. The number of carbonyl (C=O) groups is 1. The summed E-state index contributed by atoms with van der Waals surface area (Å²) in [5.74, 6) is 1.90. The summed E-state index contributed by atoms with van der Waals surface area (Å²) < 4.78 is 10.5. The van der Waals surface area contributed by atoms with Crippen LogP contribution in [-0.2, 0) is 4.79 Å². The molecule has 4 rings (SSSR count). The first-order valence-electron chi connectivity index (χ1n) is 10.7. The third kappa shape index (κ3) is 4.33. The molecule has 1 heterocycles. The van der Waals surface area contributed by atoms with Crippen molar-refractivity contribution < 1.29 is 14.3 Å². The lowest BCUT2D eigenvalue weighted by atomic mass is 9.98. The maximum atomic E-state index is 13.5. The summed E-state index contributed by atoms with van der Waals surface area (Å²) in [7, 11) is 3.26. The predicted molar refractivity (Wildman–Crippen MR) is 128 cm³/mol. The van der Waals surface area contributed by atoms with E-state index in [1.54, 1.807) is 14.2 Å². The number of hydrogen-bond donors (Lipinski definition) is 1. The second-order valence-corrected chi connectivity index (χ2v) is 8.07. The summed E-state index contributed by atoms with van der Waals surface area (Å²) >= 11 is 0. The minimum atomic E-state index is -0.210. The molecule has 5 nitrogen and oxygen atoms in total. The lowest BCUT2D eigenvalue weighted by Gasteiger charge is -2.25. The van der Waals surface area contributed by atoms with Gasteiger partial charge in [0.2, 0.25) is 0 Å². The van der Waals surface area contributed by atoms with Crippen molar-refractivity contribution in [1.29, 1.82) is 0 Å². The van der Waals surface area contributed by atoms with Gasteiger partial charge in [0, 0.05) is 11.4 Å². The van der Waals surface area contributed by atoms with Crippen LogP contribution in [0.4, 0.5) is 11.4 Å². The van der Waals surface area contributed by atoms with E-state index in [0.717, 1.165) is 28.4 Å². The van der Waals surface area contributed by atoms with Crippen molar-refractivity contribution in [1.82, 2.24) is 0 Å². The molecule has 0 aliphatic carbocycles. The molecule has 1 aliphatic heterocycles. The lowest BCUT2D eigenvalue weighted by molar-refractivity contribution is -0.114. The number of anilines is 2. The van der Waals surface area contributed by atoms with Crippen molar-refractivity contribution >= 4 is 17.3 Å². The number of amides is 1. The van der Waals surface area contributed by atoms with Gasteiger partial charge in [0.25, 0.3) is 5.91 Å². The molecule has 0 spiro atoms. The van der Waals surface area contributed by atoms with Crippen LogP contribution in [0.1, 0.15) is 36.9 Å². The van der Waals surface area contributed by atoms with E-state index in [1.807, 2.05) is 59.5 Å². The molecule has 1 atom stereocenters. The summed E-state index contributed by atoms with van der Waals surface area (Å²) in [4.78, 5) is 15.3. The average Bonchev–Trinajstić information content (AvgIpc) is 3.15. The zero-order chi connectivity index (χ0) is 22.7. The monoisotopic (exact) mass is 428 g/mol. The molecule has 0 bridgehead atoms. The van der Waals surface area contributed by atoms with Crippen molar-refractivity contribution in [3.8, 4) is 11.5 Å². The van der Waals surface area contributed by atoms with Gasteiger partial charge >= 0.3 is 0 Å². The summed E-state index contributed by atoms with van der Waals surface area (Å²) in [5.41, 5.74) is 4.52. The third-order valence-corrected chi connectivity index (χ3v) is 5.72. The summed E-state index contributed by atoms with van der Waals surface area (Å²) in [6, 6.07) is 23.4. The molecular formula is C27H28N2O3. The molecule has 0 saturated heterocycles. The van der Waals surface area contributed by atoms with E-state index < -0.39 is 0 Å². The molecule has 5 heteroatoms. The SMILES string of the molecule is COc1ccc(NC2=CC(c3ccc(C(C)C)cc3)N(c3ccc(OC)cc3)C2=O)cc1. The Hall–Kier alpha value is -3.73. The number of nitrogens with one attached hydrogen (secondary N) is 1. The largest absolute Gasteiger partial charge is 0.497 e. The molecule has 164 valence electrons. The van der Waals surface area contributed by atoms with Gasteiger partial charge in [-0.05, 0) is 71.7 Å². The first-order valence-corrected chi connectivity index (χ1v) is 10.7. The van der Waals surface area contributed by atoms with E-state index >= 15 is 0 Å². The summed E-state index contributed by atoms with van der Waals surface area (Å²) in [6.45, 7) is 4.35. The lowest BCUT2D eigenvalue weighted by Crippen LogP contribution is -2.30. The fraction of sp³-hybridized carbons (Fsp3) is 0.222. The minimum absolute atomic E-state index is 0.0797. The zero-order valence-corrected chi connectivity index (χ0v) is 18.8. The maximum absolute atomic E-state index is 13.5.